The van der Waals surface area contributed by atoms with Crippen LogP contribution in [0.4, 0.5) is 17.8 Å². The molecule has 0 aliphatic heterocycles. The van der Waals surface area contributed by atoms with E-state index >= 15 is 0 Å². The molecule has 11 N–H and O–H groups in total. The van der Waals surface area contributed by atoms with E-state index in [9.17, 15) is 0 Å². The van der Waals surface area contributed by atoms with Gasteiger partial charge in [0, 0.05) is 78.5 Å². The molecule has 0 radical (unpaired) electrons. The Morgan fingerprint density at radius 3 is 1.40 bits per heavy atom. The predicted molar refractivity (Wildman–Crippen MR) is 129 cm³/mol. The number of nitrogens with two attached hydrogens (primary N) is 4. The van der Waals surface area contributed by atoms with Gasteiger partial charge in [-0.25, -0.2) is 0 Å². The average molecular weight is 444 g/mol. The van der Waals surface area contributed by atoms with Crippen molar-refractivity contribution in [2.24, 2.45) is 22.9 Å². The summed E-state index contributed by atoms with van der Waals surface area (Å²) in [6, 6.07) is 0. The highest BCUT2D eigenvalue weighted by molar-refractivity contribution is 7.56. The second-order valence-corrected chi connectivity index (χ2v) is 8.43. The Morgan fingerprint density at radius 1 is 0.700 bits per heavy atom. The number of aromatic nitrogens is 3. The fourth-order valence-corrected chi connectivity index (χ4v) is 3.25. The van der Waals surface area contributed by atoms with Crippen LogP contribution < -0.4 is 38.7 Å². The van der Waals surface area contributed by atoms with Gasteiger partial charge in [-0.05, 0) is 0 Å². The lowest BCUT2D eigenvalue weighted by molar-refractivity contribution is 0.299. The first-order valence-corrected chi connectivity index (χ1v) is 12.3. The van der Waals surface area contributed by atoms with Crippen molar-refractivity contribution in [1.82, 2.24) is 24.8 Å². The molecule has 30 heavy (non-hydrogen) atoms. The van der Waals surface area contributed by atoms with Crippen LogP contribution in [0.1, 0.15) is 0 Å². The summed E-state index contributed by atoms with van der Waals surface area (Å²) in [6.07, 6.45) is 4.00. The fourth-order valence-electron chi connectivity index (χ4n) is 2.81. The summed E-state index contributed by atoms with van der Waals surface area (Å²) in [5, 5.41) is 9.72. The standard InChI is InChI=1S/C17H40N12P/c1-30(2)27-17-25-15(22-7-13-28(9-3-18)10-4-19)24-16(26-17)23-8-14-29(11-5-20)12-6-21/h1,3-14,18-21H2,2H3,(H3,22,23,24,25,26,27)/q+1. The Morgan fingerprint density at radius 2 is 1.07 bits per heavy atom. The van der Waals surface area contributed by atoms with Gasteiger partial charge < -0.3 is 33.6 Å². The zero-order valence-electron chi connectivity index (χ0n) is 18.2. The maximum atomic E-state index is 5.66. The molecule has 0 bridgehead atoms. The van der Waals surface area contributed by atoms with Gasteiger partial charge in [0.2, 0.25) is 19.6 Å². The molecule has 0 aromatic carbocycles. The molecule has 1 aromatic rings. The van der Waals surface area contributed by atoms with E-state index in [1.165, 1.54) is 0 Å². The molecule has 0 fully saturated rings. The first-order valence-electron chi connectivity index (χ1n) is 10.3. The second-order valence-electron chi connectivity index (χ2n) is 6.81. The normalized spacial score (nSPS) is 11.8. The molecule has 0 aliphatic rings. The minimum atomic E-state index is -0.648. The average Bonchev–Trinajstić information content (AvgIpc) is 2.68. The summed E-state index contributed by atoms with van der Waals surface area (Å²) in [5.74, 6) is 1.52. The minimum Gasteiger partial charge on any atom is -0.353 e. The lowest BCUT2D eigenvalue weighted by Gasteiger charge is -2.21. The van der Waals surface area contributed by atoms with Crippen molar-refractivity contribution < 1.29 is 0 Å². The fraction of sp³-hybridized carbons (Fsp3) is 0.765. The molecule has 0 aliphatic carbocycles. The molecule has 0 spiro atoms. The molecule has 13 heteroatoms. The molecule has 1 heterocycles. The summed E-state index contributed by atoms with van der Waals surface area (Å²) < 4.78 is 0. The molecule has 1 rings (SSSR count). The maximum absolute atomic E-state index is 5.66. The van der Waals surface area contributed by atoms with E-state index in [1.54, 1.807) is 0 Å². The summed E-state index contributed by atoms with van der Waals surface area (Å²) in [7, 11) is -0.648. The van der Waals surface area contributed by atoms with Crippen LogP contribution in [0.2, 0.25) is 0 Å². The first-order chi connectivity index (χ1) is 14.5. The van der Waals surface area contributed by atoms with Crippen LogP contribution in [-0.4, -0.2) is 116 Å². The highest BCUT2D eigenvalue weighted by atomic mass is 31.1. The quantitative estimate of drug-likeness (QED) is 0.124. The van der Waals surface area contributed by atoms with Gasteiger partial charge >= 0.3 is 0 Å². The lowest BCUT2D eigenvalue weighted by atomic mass is 10.4. The van der Waals surface area contributed by atoms with E-state index in [0.717, 1.165) is 39.3 Å². The van der Waals surface area contributed by atoms with Crippen LogP contribution in [0.5, 0.6) is 0 Å². The van der Waals surface area contributed by atoms with E-state index in [4.69, 9.17) is 22.9 Å². The topological polar surface area (TPSA) is 185 Å². The highest BCUT2D eigenvalue weighted by Crippen LogP contribution is 2.17. The van der Waals surface area contributed by atoms with Gasteiger partial charge in [-0.15, -0.1) is 0 Å². The van der Waals surface area contributed by atoms with Crippen LogP contribution >= 0.6 is 7.70 Å². The van der Waals surface area contributed by atoms with Crippen LogP contribution in [0.3, 0.4) is 0 Å². The zero-order chi connectivity index (χ0) is 22.2. The van der Waals surface area contributed by atoms with Crippen LogP contribution in [0, 0.1) is 0 Å². The Bertz CT molecular complexity index is 550. The Labute approximate surface area is 181 Å². The number of hydrogen-bond donors (Lipinski definition) is 7. The second kappa shape index (κ2) is 16.1. The smallest absolute Gasteiger partial charge is 0.267 e. The van der Waals surface area contributed by atoms with E-state index in [0.29, 0.717) is 57.1 Å². The first kappa shape index (κ1) is 26.4. The van der Waals surface area contributed by atoms with Crippen molar-refractivity contribution in [3.63, 3.8) is 0 Å². The third-order valence-electron chi connectivity index (χ3n) is 4.13. The number of nitrogens with zero attached hydrogens (tertiary/aromatic N) is 5. The van der Waals surface area contributed by atoms with Crippen LogP contribution in [0.25, 0.3) is 0 Å². The highest BCUT2D eigenvalue weighted by Gasteiger charge is 2.11. The van der Waals surface area contributed by atoms with Gasteiger partial charge in [-0.3, -0.25) is 9.80 Å². The largest absolute Gasteiger partial charge is 0.353 e. The Hall–Kier alpha value is -1.66. The monoisotopic (exact) mass is 443 g/mol. The van der Waals surface area contributed by atoms with Crippen molar-refractivity contribution in [3.05, 3.63) is 0 Å². The molecule has 1 unspecified atom stereocenters. The van der Waals surface area contributed by atoms with Crippen LogP contribution in [-0.2, 0) is 0 Å². The number of anilines is 3. The Balaban J connectivity index is 2.71. The van der Waals surface area contributed by atoms with Gasteiger partial charge in [0.05, 0.1) is 6.30 Å². The summed E-state index contributed by atoms with van der Waals surface area (Å²) in [4.78, 5) is 17.8. The maximum Gasteiger partial charge on any atom is 0.267 e. The third-order valence-corrected chi connectivity index (χ3v) is 4.71. The summed E-state index contributed by atoms with van der Waals surface area (Å²) in [6.45, 7) is 10.6. The molecule has 0 amide bonds. The number of hydrogen-bond acceptors (Lipinski definition) is 12. The number of rotatable bonds is 18. The third kappa shape index (κ3) is 11.5. The van der Waals surface area contributed by atoms with Gasteiger partial charge in [-0.1, -0.05) is 0 Å². The number of nitrogens with one attached hydrogen (secondary N) is 3. The van der Waals surface area contributed by atoms with E-state index in [1.807, 2.05) is 6.66 Å². The van der Waals surface area contributed by atoms with Crippen molar-refractivity contribution in [1.29, 1.82) is 0 Å². The van der Waals surface area contributed by atoms with E-state index < -0.39 is 7.70 Å². The van der Waals surface area contributed by atoms with Gasteiger partial charge in [0.1, 0.15) is 6.66 Å². The van der Waals surface area contributed by atoms with Crippen molar-refractivity contribution in [2.45, 2.75) is 0 Å². The lowest BCUT2D eigenvalue weighted by Crippen LogP contribution is -2.37. The van der Waals surface area contributed by atoms with Gasteiger partial charge in [-0.2, -0.15) is 20.0 Å². The summed E-state index contributed by atoms with van der Waals surface area (Å²) in [5.41, 5.74) is 22.6. The van der Waals surface area contributed by atoms with Gasteiger partial charge in [0.15, 0.2) is 0 Å². The molecule has 1 aromatic heterocycles. The molecule has 1 atom stereocenters. The van der Waals surface area contributed by atoms with Crippen molar-refractivity contribution in [2.75, 3.05) is 101 Å². The predicted octanol–water partition coefficient (Wildman–Crippen LogP) is -2.00. The van der Waals surface area contributed by atoms with Gasteiger partial charge in [0.25, 0.3) is 5.95 Å². The van der Waals surface area contributed by atoms with Crippen LogP contribution in [0.15, 0.2) is 0 Å². The van der Waals surface area contributed by atoms with Crippen molar-refractivity contribution in [3.8, 4) is 0 Å². The van der Waals surface area contributed by atoms with E-state index in [2.05, 4.69) is 46.8 Å². The Kier molecular flexibility index (Phi) is 14.1. The van der Waals surface area contributed by atoms with E-state index in [-0.39, 0.29) is 0 Å². The molecule has 172 valence electrons. The SMILES string of the molecule is C=[P+](C)Nc1nc(NCCN(CCN)CCN)nc(NCCN(CCN)CCN)n1. The summed E-state index contributed by atoms with van der Waals surface area (Å²) >= 11 is 0. The van der Waals surface area contributed by atoms with Crippen molar-refractivity contribution >= 4 is 31.8 Å². The molecular weight excluding hydrogens is 403 g/mol. The molecular formula is C17H40N12P+. The zero-order valence-corrected chi connectivity index (χ0v) is 19.1. The molecule has 12 nitrogen and oxygen atoms in total. The minimum absolute atomic E-state index is 0.500. The molecule has 0 saturated heterocycles. The molecule has 0 saturated carbocycles.